The number of carbonyl (C=O) groups excluding carboxylic acids is 1. The van der Waals surface area contributed by atoms with Crippen LogP contribution >= 0.6 is 0 Å². The monoisotopic (exact) mass is 238 g/mol. The van der Waals surface area contributed by atoms with E-state index in [1.54, 1.807) is 25.1 Å². The van der Waals surface area contributed by atoms with Crippen LogP contribution in [0.25, 0.3) is 0 Å². The molecule has 17 heavy (non-hydrogen) atoms. The number of nitrogens with zero attached hydrogens (tertiary/aromatic N) is 1. The van der Waals surface area contributed by atoms with Gasteiger partial charge in [0.05, 0.1) is 12.1 Å². The molecule has 1 rings (SSSR count). The molecule has 1 aromatic rings. The fraction of sp³-hybridized carbons (Fsp3) is 0.364. The number of aliphatic carboxylic acids is 1. The Hall–Kier alpha value is -2.11. The summed E-state index contributed by atoms with van der Waals surface area (Å²) in [7, 11) is 0. The molecule has 0 spiro atoms. The summed E-state index contributed by atoms with van der Waals surface area (Å²) < 4.78 is 4.58. The van der Waals surface area contributed by atoms with Gasteiger partial charge in [-0.2, -0.15) is 0 Å². The first-order valence-electron chi connectivity index (χ1n) is 5.16. The minimum Gasteiger partial charge on any atom is -0.480 e. The predicted molar refractivity (Wildman–Crippen MR) is 59.2 cm³/mol. The van der Waals surface area contributed by atoms with E-state index in [0.717, 1.165) is 0 Å². The van der Waals surface area contributed by atoms with Gasteiger partial charge in [0.25, 0.3) is 0 Å². The van der Waals surface area contributed by atoms with E-state index in [4.69, 9.17) is 5.11 Å². The molecular formula is C11H14N2O4. The van der Waals surface area contributed by atoms with Crippen LogP contribution < -0.4 is 5.32 Å². The molecule has 0 aliphatic rings. The van der Waals surface area contributed by atoms with Crippen LogP contribution in [0.5, 0.6) is 0 Å². The minimum atomic E-state index is -1.06. The van der Waals surface area contributed by atoms with Gasteiger partial charge in [-0.05, 0) is 13.3 Å². The Morgan fingerprint density at radius 1 is 1.65 bits per heavy atom. The molecule has 0 radical (unpaired) electrons. The molecule has 1 amide bonds. The first kappa shape index (κ1) is 13.0. The van der Waals surface area contributed by atoms with Crippen LogP contribution in [0.3, 0.4) is 0 Å². The molecule has 1 atom stereocenters. The van der Waals surface area contributed by atoms with Crippen LogP contribution in [0.2, 0.25) is 0 Å². The average Bonchev–Trinajstić information content (AvgIpc) is 2.76. The second-order valence-corrected chi connectivity index (χ2v) is 3.43. The summed E-state index contributed by atoms with van der Waals surface area (Å²) in [6.45, 7) is 1.79. The number of nitrogens with one attached hydrogen (secondary N) is 1. The molecule has 0 saturated carbocycles. The van der Waals surface area contributed by atoms with Crippen LogP contribution in [0.15, 0.2) is 29.0 Å². The molecule has 0 aliphatic heterocycles. The van der Waals surface area contributed by atoms with E-state index in [1.807, 2.05) is 0 Å². The predicted octanol–water partition coefficient (Wildman–Crippen LogP) is 0.753. The normalized spacial score (nSPS) is 12.5. The Kier molecular flexibility index (Phi) is 4.93. The zero-order valence-electron chi connectivity index (χ0n) is 9.42. The molecule has 0 aliphatic carbocycles. The number of amides is 1. The molecular weight excluding hydrogens is 224 g/mol. The fourth-order valence-corrected chi connectivity index (χ4v) is 1.23. The van der Waals surface area contributed by atoms with Crippen LogP contribution in [0, 0.1) is 0 Å². The molecule has 6 heteroatoms. The Bertz CT molecular complexity index is 398. The lowest BCUT2D eigenvalue weighted by molar-refractivity contribution is -0.141. The maximum absolute atomic E-state index is 11.5. The summed E-state index contributed by atoms with van der Waals surface area (Å²) in [5, 5.41) is 14.9. The Morgan fingerprint density at radius 2 is 2.41 bits per heavy atom. The zero-order chi connectivity index (χ0) is 12.7. The number of hydrogen-bond acceptors (Lipinski definition) is 4. The van der Waals surface area contributed by atoms with E-state index in [0.29, 0.717) is 5.69 Å². The van der Waals surface area contributed by atoms with Crippen molar-refractivity contribution in [2.24, 2.45) is 0 Å². The second kappa shape index (κ2) is 6.47. The van der Waals surface area contributed by atoms with Crippen molar-refractivity contribution in [3.8, 4) is 0 Å². The highest BCUT2D eigenvalue weighted by atomic mass is 16.5. The molecule has 0 fully saturated rings. The molecule has 0 aromatic carbocycles. The molecule has 1 heterocycles. The number of rotatable bonds is 6. The number of carbonyl (C=O) groups is 2. The maximum atomic E-state index is 11.5. The van der Waals surface area contributed by atoms with Gasteiger partial charge in [0.1, 0.15) is 12.3 Å². The number of carboxylic acids is 1. The number of allylic oxidation sites excluding steroid dienone is 1. The van der Waals surface area contributed by atoms with Gasteiger partial charge in [-0.1, -0.05) is 17.3 Å². The highest BCUT2D eigenvalue weighted by molar-refractivity contribution is 5.84. The van der Waals surface area contributed by atoms with Crippen molar-refractivity contribution in [1.29, 1.82) is 0 Å². The Morgan fingerprint density at radius 3 is 2.94 bits per heavy atom. The third-order valence-corrected chi connectivity index (χ3v) is 2.07. The van der Waals surface area contributed by atoms with Crippen molar-refractivity contribution >= 4 is 11.9 Å². The van der Waals surface area contributed by atoms with Gasteiger partial charge in [0, 0.05) is 6.07 Å². The van der Waals surface area contributed by atoms with Crippen molar-refractivity contribution in [2.45, 2.75) is 25.8 Å². The largest absolute Gasteiger partial charge is 0.480 e. The summed E-state index contributed by atoms with van der Waals surface area (Å²) in [5.74, 6) is -1.45. The summed E-state index contributed by atoms with van der Waals surface area (Å²) in [6, 6.07) is 0.645. The van der Waals surface area contributed by atoms with Gasteiger partial charge in [0.2, 0.25) is 5.91 Å². The van der Waals surface area contributed by atoms with Crippen LogP contribution in [-0.2, 0) is 16.0 Å². The van der Waals surface area contributed by atoms with Crippen molar-refractivity contribution < 1.29 is 19.2 Å². The van der Waals surface area contributed by atoms with Crippen molar-refractivity contribution in [3.05, 3.63) is 30.2 Å². The number of carboxylic acid groups (broad SMARTS) is 1. The Labute approximate surface area is 98.3 Å². The van der Waals surface area contributed by atoms with Gasteiger partial charge < -0.3 is 14.9 Å². The van der Waals surface area contributed by atoms with Crippen LogP contribution in [-0.4, -0.2) is 28.2 Å². The minimum absolute atomic E-state index is 0.0100. The van der Waals surface area contributed by atoms with E-state index in [9.17, 15) is 9.59 Å². The molecule has 2 N–H and O–H groups in total. The summed E-state index contributed by atoms with van der Waals surface area (Å²) in [4.78, 5) is 22.4. The molecule has 1 unspecified atom stereocenters. The molecule has 0 bridgehead atoms. The topological polar surface area (TPSA) is 92.4 Å². The molecule has 92 valence electrons. The third kappa shape index (κ3) is 4.50. The maximum Gasteiger partial charge on any atom is 0.326 e. The summed E-state index contributed by atoms with van der Waals surface area (Å²) in [6.07, 6.45) is 5.05. The molecule has 1 aromatic heterocycles. The average molecular weight is 238 g/mol. The van der Waals surface area contributed by atoms with E-state index < -0.39 is 17.9 Å². The second-order valence-electron chi connectivity index (χ2n) is 3.43. The standard InChI is InChI=1S/C11H14N2O4/c1-2-3-4-9(11(15)16)12-10(14)7-8-5-6-17-13-8/h2-3,5-6,9H,4,7H2,1H3,(H,12,14)(H,15,16)/b3-2+. The summed E-state index contributed by atoms with van der Waals surface area (Å²) in [5.41, 5.74) is 0.470. The quantitative estimate of drug-likeness (QED) is 0.713. The lowest BCUT2D eigenvalue weighted by Gasteiger charge is -2.11. The Balaban J connectivity index is 2.49. The molecule has 6 nitrogen and oxygen atoms in total. The highest BCUT2D eigenvalue weighted by Crippen LogP contribution is 1.99. The van der Waals surface area contributed by atoms with Crippen molar-refractivity contribution in [1.82, 2.24) is 10.5 Å². The van der Waals surface area contributed by atoms with E-state index in [1.165, 1.54) is 6.26 Å². The SMILES string of the molecule is C/C=C/CC(NC(=O)Cc1ccon1)C(=O)O. The van der Waals surface area contributed by atoms with Crippen molar-refractivity contribution in [2.75, 3.05) is 0 Å². The molecule has 0 saturated heterocycles. The van der Waals surface area contributed by atoms with Gasteiger partial charge >= 0.3 is 5.97 Å². The van der Waals surface area contributed by atoms with Crippen LogP contribution in [0.4, 0.5) is 0 Å². The fourth-order valence-electron chi connectivity index (χ4n) is 1.23. The van der Waals surface area contributed by atoms with Gasteiger partial charge in [-0.15, -0.1) is 0 Å². The van der Waals surface area contributed by atoms with Gasteiger partial charge in [-0.25, -0.2) is 4.79 Å². The van der Waals surface area contributed by atoms with Gasteiger partial charge in [0.15, 0.2) is 0 Å². The lowest BCUT2D eigenvalue weighted by atomic mass is 10.2. The van der Waals surface area contributed by atoms with E-state index >= 15 is 0 Å². The zero-order valence-corrected chi connectivity index (χ0v) is 9.42. The smallest absolute Gasteiger partial charge is 0.326 e. The van der Waals surface area contributed by atoms with Crippen LogP contribution in [0.1, 0.15) is 19.0 Å². The first-order chi connectivity index (χ1) is 8.13. The van der Waals surface area contributed by atoms with E-state index in [-0.39, 0.29) is 12.8 Å². The summed E-state index contributed by atoms with van der Waals surface area (Å²) >= 11 is 0. The first-order valence-corrected chi connectivity index (χ1v) is 5.16. The number of hydrogen-bond donors (Lipinski definition) is 2. The van der Waals surface area contributed by atoms with Crippen molar-refractivity contribution in [3.63, 3.8) is 0 Å². The third-order valence-electron chi connectivity index (χ3n) is 2.07. The number of aromatic nitrogens is 1. The highest BCUT2D eigenvalue weighted by Gasteiger charge is 2.18. The lowest BCUT2D eigenvalue weighted by Crippen LogP contribution is -2.41. The van der Waals surface area contributed by atoms with E-state index in [2.05, 4.69) is 15.0 Å². The van der Waals surface area contributed by atoms with Gasteiger partial charge in [-0.3, -0.25) is 4.79 Å².